The number of carbonyl (C=O) groups is 1. The molecule has 20 heavy (non-hydrogen) atoms. The Morgan fingerprint density at radius 1 is 1.40 bits per heavy atom. The molecule has 0 radical (unpaired) electrons. The van der Waals surface area contributed by atoms with Crippen molar-refractivity contribution in [3.63, 3.8) is 0 Å². The fourth-order valence-corrected chi connectivity index (χ4v) is 3.91. The Morgan fingerprint density at radius 3 is 2.55 bits per heavy atom. The summed E-state index contributed by atoms with van der Waals surface area (Å²) in [5.41, 5.74) is 5.27. The average molecular weight is 319 g/mol. The van der Waals surface area contributed by atoms with Gasteiger partial charge in [-0.25, -0.2) is 18.4 Å². The molecular weight excluding hydrogens is 304 g/mol. The van der Waals surface area contributed by atoms with Gasteiger partial charge in [0.2, 0.25) is 21.2 Å². The molecule has 0 aliphatic carbocycles. The summed E-state index contributed by atoms with van der Waals surface area (Å²) in [5.74, 6) is -0.946. The number of carbonyl (C=O) groups excluding carboxylic acids is 1. The molecule has 7 nitrogen and oxygen atoms in total. The summed E-state index contributed by atoms with van der Waals surface area (Å²) in [6.07, 6.45) is 3.50. The maximum atomic E-state index is 12.5. The number of nitrogens with two attached hydrogens (primary N) is 1. The minimum atomic E-state index is -3.75. The van der Waals surface area contributed by atoms with Crippen molar-refractivity contribution in [2.75, 3.05) is 6.54 Å². The number of primary amides is 1. The first-order valence-electron chi connectivity index (χ1n) is 6.11. The quantitative estimate of drug-likeness (QED) is 0.812. The van der Waals surface area contributed by atoms with Crippen molar-refractivity contribution in [1.29, 1.82) is 0 Å². The zero-order valence-electron chi connectivity index (χ0n) is 10.9. The van der Waals surface area contributed by atoms with Gasteiger partial charge in [-0.15, -0.1) is 0 Å². The number of amides is 1. The van der Waals surface area contributed by atoms with Crippen molar-refractivity contribution in [2.24, 2.45) is 11.7 Å². The van der Waals surface area contributed by atoms with Crippen LogP contribution in [0.2, 0.25) is 5.28 Å². The Labute approximate surface area is 122 Å². The monoisotopic (exact) mass is 318 g/mol. The molecule has 2 atom stereocenters. The maximum Gasteiger partial charge on any atom is 0.246 e. The maximum absolute atomic E-state index is 12.5. The number of piperidine rings is 1. The van der Waals surface area contributed by atoms with Gasteiger partial charge in [0.05, 0.1) is 18.3 Å². The summed E-state index contributed by atoms with van der Waals surface area (Å²) in [5, 5.41) is -0.0225. The number of sulfonamides is 1. The fourth-order valence-electron chi connectivity index (χ4n) is 2.21. The van der Waals surface area contributed by atoms with E-state index in [1.807, 2.05) is 0 Å². The highest BCUT2D eigenvalue weighted by atomic mass is 35.5. The molecule has 2 N–H and O–H groups in total. The fraction of sp³-hybridized carbons (Fsp3) is 0.545. The minimum Gasteiger partial charge on any atom is -0.369 e. The van der Waals surface area contributed by atoms with Crippen molar-refractivity contribution in [3.8, 4) is 0 Å². The molecule has 0 aromatic carbocycles. The largest absolute Gasteiger partial charge is 0.369 e. The molecule has 9 heteroatoms. The van der Waals surface area contributed by atoms with Gasteiger partial charge in [-0.1, -0.05) is 0 Å². The molecule has 0 saturated carbocycles. The van der Waals surface area contributed by atoms with E-state index in [-0.39, 0.29) is 22.8 Å². The van der Waals surface area contributed by atoms with E-state index >= 15 is 0 Å². The van der Waals surface area contributed by atoms with Crippen LogP contribution in [0, 0.1) is 5.92 Å². The molecular formula is C11H15ClN4O3S. The molecule has 1 aliphatic heterocycles. The third kappa shape index (κ3) is 2.92. The van der Waals surface area contributed by atoms with Gasteiger partial charge >= 0.3 is 0 Å². The molecule has 0 bridgehead atoms. The van der Waals surface area contributed by atoms with Crippen LogP contribution >= 0.6 is 11.6 Å². The first kappa shape index (κ1) is 15.1. The zero-order valence-corrected chi connectivity index (χ0v) is 12.4. The van der Waals surface area contributed by atoms with Crippen LogP contribution in [0.1, 0.15) is 19.8 Å². The summed E-state index contributed by atoms with van der Waals surface area (Å²) < 4.78 is 26.3. The van der Waals surface area contributed by atoms with E-state index < -0.39 is 21.8 Å². The van der Waals surface area contributed by atoms with Crippen LogP contribution in [0.4, 0.5) is 0 Å². The lowest BCUT2D eigenvalue weighted by molar-refractivity contribution is -0.123. The van der Waals surface area contributed by atoms with E-state index in [4.69, 9.17) is 17.3 Å². The Morgan fingerprint density at radius 2 is 2.00 bits per heavy atom. The van der Waals surface area contributed by atoms with Crippen LogP contribution in [0.25, 0.3) is 0 Å². The van der Waals surface area contributed by atoms with Crippen LogP contribution in [0.15, 0.2) is 17.3 Å². The third-order valence-electron chi connectivity index (χ3n) is 3.43. The van der Waals surface area contributed by atoms with Crippen LogP contribution in [0.3, 0.4) is 0 Å². The molecule has 1 fully saturated rings. The van der Waals surface area contributed by atoms with E-state index in [0.717, 1.165) is 12.4 Å². The van der Waals surface area contributed by atoms with Crippen molar-refractivity contribution in [1.82, 2.24) is 14.3 Å². The van der Waals surface area contributed by atoms with Gasteiger partial charge in [-0.05, 0) is 31.4 Å². The molecule has 2 heterocycles. The first-order valence-corrected chi connectivity index (χ1v) is 7.93. The predicted molar refractivity (Wildman–Crippen MR) is 72.3 cm³/mol. The highest BCUT2D eigenvalue weighted by Crippen LogP contribution is 2.27. The van der Waals surface area contributed by atoms with Gasteiger partial charge in [0.15, 0.2) is 0 Å². The number of rotatable bonds is 3. The predicted octanol–water partition coefficient (Wildman–Crippen LogP) is 0.404. The Balaban J connectivity index is 2.31. The molecule has 0 spiro atoms. The van der Waals surface area contributed by atoms with Crippen molar-refractivity contribution in [2.45, 2.75) is 30.7 Å². The molecule has 1 aliphatic rings. The van der Waals surface area contributed by atoms with E-state index in [0.29, 0.717) is 12.8 Å². The third-order valence-corrected chi connectivity index (χ3v) is 5.56. The van der Waals surface area contributed by atoms with Gasteiger partial charge in [-0.3, -0.25) is 4.79 Å². The van der Waals surface area contributed by atoms with Crippen molar-refractivity contribution < 1.29 is 13.2 Å². The second kappa shape index (κ2) is 5.63. The van der Waals surface area contributed by atoms with Gasteiger partial charge in [0, 0.05) is 12.6 Å². The second-order valence-corrected chi connectivity index (χ2v) is 7.02. The number of nitrogens with zero attached hydrogens (tertiary/aromatic N) is 3. The van der Waals surface area contributed by atoms with E-state index in [9.17, 15) is 13.2 Å². The topological polar surface area (TPSA) is 106 Å². The lowest BCUT2D eigenvalue weighted by Gasteiger charge is -2.35. The van der Waals surface area contributed by atoms with Crippen LogP contribution in [0.5, 0.6) is 0 Å². The molecule has 2 unspecified atom stereocenters. The number of hydrogen-bond acceptors (Lipinski definition) is 5. The summed E-state index contributed by atoms with van der Waals surface area (Å²) in [6, 6.07) is -0.203. The molecule has 1 aromatic rings. The smallest absolute Gasteiger partial charge is 0.246 e. The second-order valence-electron chi connectivity index (χ2n) is 4.79. The summed E-state index contributed by atoms with van der Waals surface area (Å²) in [4.78, 5) is 18.6. The summed E-state index contributed by atoms with van der Waals surface area (Å²) in [7, 11) is -3.75. The standard InChI is InChI=1S/C11H15ClN4O3S/c1-7-2-3-8(10(13)17)6-16(7)20(18,19)9-4-14-11(12)15-5-9/h4-5,7-8H,2-3,6H2,1H3,(H2,13,17). The van der Waals surface area contributed by atoms with Gasteiger partial charge in [0.25, 0.3) is 0 Å². The Bertz CT molecular complexity index is 605. The van der Waals surface area contributed by atoms with E-state index in [1.165, 1.54) is 4.31 Å². The normalized spacial score (nSPS) is 24.5. The summed E-state index contributed by atoms with van der Waals surface area (Å²) in [6.45, 7) is 1.88. The van der Waals surface area contributed by atoms with Crippen LogP contribution < -0.4 is 5.73 Å². The molecule has 1 saturated heterocycles. The Kier molecular flexibility index (Phi) is 4.26. The van der Waals surface area contributed by atoms with Gasteiger partial charge in [0.1, 0.15) is 4.90 Å². The van der Waals surface area contributed by atoms with Gasteiger partial charge in [-0.2, -0.15) is 4.31 Å². The SMILES string of the molecule is CC1CCC(C(N)=O)CN1S(=O)(=O)c1cnc(Cl)nc1. The lowest BCUT2D eigenvalue weighted by atomic mass is 9.95. The van der Waals surface area contributed by atoms with Gasteiger partial charge < -0.3 is 5.73 Å². The number of halogens is 1. The molecule has 2 rings (SSSR count). The number of hydrogen-bond donors (Lipinski definition) is 1. The van der Waals surface area contributed by atoms with Crippen molar-refractivity contribution >= 4 is 27.5 Å². The van der Waals surface area contributed by atoms with Crippen molar-refractivity contribution in [3.05, 3.63) is 17.7 Å². The van der Waals surface area contributed by atoms with Crippen LogP contribution in [-0.4, -0.2) is 41.2 Å². The van der Waals surface area contributed by atoms with E-state index in [2.05, 4.69) is 9.97 Å². The van der Waals surface area contributed by atoms with Crippen LogP contribution in [-0.2, 0) is 14.8 Å². The molecule has 1 amide bonds. The highest BCUT2D eigenvalue weighted by Gasteiger charge is 2.37. The summed E-state index contributed by atoms with van der Waals surface area (Å²) >= 11 is 5.55. The molecule has 110 valence electrons. The highest BCUT2D eigenvalue weighted by molar-refractivity contribution is 7.89. The lowest BCUT2D eigenvalue weighted by Crippen LogP contribution is -2.48. The molecule has 1 aromatic heterocycles. The first-order chi connectivity index (χ1) is 9.32. The zero-order chi connectivity index (χ0) is 14.9. The Hall–Kier alpha value is -1.25. The minimum absolute atomic E-state index is 0.0225. The van der Waals surface area contributed by atoms with E-state index in [1.54, 1.807) is 6.92 Å². The number of aromatic nitrogens is 2. The average Bonchev–Trinajstić information content (AvgIpc) is 2.39.